The highest BCUT2D eigenvalue weighted by Crippen LogP contribution is 2.35. The number of β-amino-alcohol motifs (C(OH)–C–C–N with tert-alkyl or cyclic N) is 1. The number of amides is 5. The number of methoxy groups -OCH3 is 1. The number of likely N-dealkylation sites (tertiary alicyclic amines) is 2. The van der Waals surface area contributed by atoms with Crippen molar-refractivity contribution in [1.29, 1.82) is 0 Å². The number of aryl methyl sites for hydroxylation is 4. The van der Waals surface area contributed by atoms with Crippen molar-refractivity contribution in [1.82, 2.24) is 39.9 Å². The van der Waals surface area contributed by atoms with Crippen LogP contribution < -0.4 is 20.1 Å². The van der Waals surface area contributed by atoms with Gasteiger partial charge in [0, 0.05) is 62.8 Å². The largest absolute Gasteiger partial charge is 0.497 e. The van der Waals surface area contributed by atoms with Crippen LogP contribution in [0, 0.1) is 26.7 Å². The van der Waals surface area contributed by atoms with Gasteiger partial charge in [0.15, 0.2) is 0 Å². The fraction of sp³-hybridized carbons (Fsp3) is 0.364. The number of imidazole rings is 1. The minimum atomic E-state index is -0.924. The van der Waals surface area contributed by atoms with E-state index < -0.39 is 36.2 Å². The van der Waals surface area contributed by atoms with Gasteiger partial charge in [0.2, 0.25) is 17.7 Å². The van der Waals surface area contributed by atoms with E-state index in [9.17, 15) is 29.1 Å². The molecule has 6 aromatic rings. The Morgan fingerprint density at radius 1 is 0.792 bits per heavy atom. The highest BCUT2D eigenvalue weighted by atomic mass is 32.1. The number of carbonyl (C=O) groups excluding carboxylic acids is 5. The summed E-state index contributed by atoms with van der Waals surface area (Å²) in [6.07, 6.45) is 0.525. The van der Waals surface area contributed by atoms with Crippen LogP contribution in [0.5, 0.6) is 11.5 Å². The quantitative estimate of drug-likeness (QED) is 0.104. The van der Waals surface area contributed by atoms with E-state index in [2.05, 4.69) is 20.6 Å². The minimum Gasteiger partial charge on any atom is -0.497 e. The van der Waals surface area contributed by atoms with Gasteiger partial charge in [-0.05, 0) is 78.8 Å². The standard InChI is InChI=1S/C55H60N8O8S/c1-31(2)48(55(69)61-27-40(64)20-46(61)51(65)56-24-35-9-13-37(14-10-35)49-33(4)58-29-60(49)6)63-26-39-17-19-42(22-45(39)54(63)68)71-43-23-47(62(28-43)53(67)44-21-41(70-7)18-8-32(44)3)52(66)57-25-36-11-15-38(16-12-36)50-34(5)59-30-72-50/h8-19,21-22,29-31,40,43,46-48,64H,20,23-28H2,1-7H3,(H,56,65)(H,57,66)/t40-,43-,46+,47+,48+/m1/s1. The summed E-state index contributed by atoms with van der Waals surface area (Å²) in [5.41, 5.74) is 10.7. The smallest absolute Gasteiger partial charge is 0.255 e. The Bertz CT molecular complexity index is 3000. The number of hydrogen-bond donors (Lipinski definition) is 3. The van der Waals surface area contributed by atoms with Gasteiger partial charge in [0.1, 0.15) is 35.7 Å². The molecule has 0 radical (unpaired) electrons. The fourth-order valence-corrected chi connectivity index (χ4v) is 11.0. The molecule has 0 aliphatic carbocycles. The molecule has 2 aromatic heterocycles. The third kappa shape index (κ3) is 10.1. The number of ether oxygens (including phenoxy) is 2. The van der Waals surface area contributed by atoms with Crippen LogP contribution in [0.15, 0.2) is 96.8 Å². The van der Waals surface area contributed by atoms with Crippen molar-refractivity contribution in [3.05, 3.63) is 142 Å². The topological polar surface area (TPSA) is 189 Å². The van der Waals surface area contributed by atoms with Crippen LogP contribution in [0.3, 0.4) is 0 Å². The summed E-state index contributed by atoms with van der Waals surface area (Å²) in [7, 11) is 3.47. The molecule has 3 aliphatic rings. The van der Waals surface area contributed by atoms with Gasteiger partial charge in [-0.15, -0.1) is 11.3 Å². The lowest BCUT2D eigenvalue weighted by Gasteiger charge is -2.35. The Kier molecular flexibility index (Phi) is 14.3. The normalized spacial score (nSPS) is 18.9. The Labute approximate surface area is 423 Å². The van der Waals surface area contributed by atoms with Gasteiger partial charge in [-0.2, -0.15) is 0 Å². The molecule has 5 amide bonds. The van der Waals surface area contributed by atoms with Gasteiger partial charge in [0.05, 0.1) is 53.6 Å². The Balaban J connectivity index is 0.870. The number of aliphatic hydroxyl groups excluding tert-OH is 1. The number of nitrogens with zero attached hydrogens (tertiary/aromatic N) is 6. The van der Waals surface area contributed by atoms with Crippen LogP contribution in [0.25, 0.3) is 21.7 Å². The number of aromatic nitrogens is 3. The average Bonchev–Trinajstić information content (AvgIpc) is 4.22. The van der Waals surface area contributed by atoms with Crippen LogP contribution >= 0.6 is 11.3 Å². The molecule has 0 saturated carbocycles. The van der Waals surface area contributed by atoms with E-state index in [4.69, 9.17) is 9.47 Å². The van der Waals surface area contributed by atoms with Gasteiger partial charge in [-0.25, -0.2) is 9.97 Å². The molecule has 2 fully saturated rings. The molecule has 3 N–H and O–H groups in total. The molecule has 2 saturated heterocycles. The third-order valence-corrected chi connectivity index (χ3v) is 15.0. The van der Waals surface area contributed by atoms with E-state index >= 15 is 0 Å². The highest BCUT2D eigenvalue weighted by Gasteiger charge is 2.46. The van der Waals surface area contributed by atoms with Gasteiger partial charge >= 0.3 is 0 Å². The van der Waals surface area contributed by atoms with Gasteiger partial charge in [-0.3, -0.25) is 24.0 Å². The Hall–Kier alpha value is -7.37. The zero-order chi connectivity index (χ0) is 51.0. The molecule has 5 atom stereocenters. The SMILES string of the molecule is COc1ccc(C)c(C(=O)N2C[C@H](Oc3ccc4c(c3)C(=O)N([C@H](C(=O)N3C[C@H](O)C[C@H]3C(=O)NCc3ccc(-c5c(C)ncn5C)cc3)C(C)C)C4)C[C@H]2C(=O)NCc2ccc(-c3scnc3C)cc2)c1. The zero-order valence-corrected chi connectivity index (χ0v) is 42.4. The highest BCUT2D eigenvalue weighted by molar-refractivity contribution is 7.13. The second-order valence-corrected chi connectivity index (χ2v) is 20.2. The molecule has 9 rings (SSSR count). The number of fused-ring (bicyclic) bond motifs is 1. The van der Waals surface area contributed by atoms with E-state index in [1.54, 1.807) is 52.9 Å². The monoisotopic (exact) mass is 992 g/mol. The summed E-state index contributed by atoms with van der Waals surface area (Å²) in [4.78, 5) is 85.4. The first kappa shape index (κ1) is 49.6. The number of hydrogen-bond acceptors (Lipinski definition) is 11. The first-order valence-electron chi connectivity index (χ1n) is 24.2. The molecular formula is C55H60N8O8S. The van der Waals surface area contributed by atoms with Crippen LogP contribution in [0.1, 0.15) is 81.0 Å². The van der Waals surface area contributed by atoms with Crippen LogP contribution in [-0.2, 0) is 41.1 Å². The minimum absolute atomic E-state index is 0.0376. The van der Waals surface area contributed by atoms with Gasteiger partial charge < -0.3 is 44.5 Å². The van der Waals surface area contributed by atoms with E-state index in [0.717, 1.165) is 49.8 Å². The van der Waals surface area contributed by atoms with E-state index in [-0.39, 0.29) is 75.1 Å². The lowest BCUT2D eigenvalue weighted by molar-refractivity contribution is -0.143. The third-order valence-electron chi connectivity index (χ3n) is 14.0. The summed E-state index contributed by atoms with van der Waals surface area (Å²) in [5, 5.41) is 16.8. The molecule has 72 heavy (non-hydrogen) atoms. The van der Waals surface area contributed by atoms with Crippen molar-refractivity contribution >= 4 is 40.9 Å². The first-order chi connectivity index (χ1) is 34.6. The molecule has 0 unspecified atom stereocenters. The second kappa shape index (κ2) is 20.8. The predicted molar refractivity (Wildman–Crippen MR) is 272 cm³/mol. The molecule has 16 nitrogen and oxygen atoms in total. The lowest BCUT2D eigenvalue weighted by Crippen LogP contribution is -2.55. The van der Waals surface area contributed by atoms with Crippen molar-refractivity contribution < 1.29 is 38.6 Å². The Morgan fingerprint density at radius 3 is 2.06 bits per heavy atom. The van der Waals surface area contributed by atoms with Crippen molar-refractivity contribution in [2.75, 3.05) is 20.2 Å². The molecular weight excluding hydrogens is 933 g/mol. The van der Waals surface area contributed by atoms with Crippen LogP contribution in [0.2, 0.25) is 0 Å². The molecule has 374 valence electrons. The summed E-state index contributed by atoms with van der Waals surface area (Å²) < 4.78 is 13.9. The predicted octanol–water partition coefficient (Wildman–Crippen LogP) is 6.38. The lowest BCUT2D eigenvalue weighted by atomic mass is 10.0. The van der Waals surface area contributed by atoms with E-state index in [1.807, 2.05) is 106 Å². The van der Waals surface area contributed by atoms with Crippen LogP contribution in [-0.4, -0.2) is 114 Å². The second-order valence-electron chi connectivity index (χ2n) is 19.4. The molecule has 4 aromatic carbocycles. The summed E-state index contributed by atoms with van der Waals surface area (Å²) >= 11 is 1.57. The molecule has 0 spiro atoms. The number of benzene rings is 4. The fourth-order valence-electron chi connectivity index (χ4n) is 10.2. The van der Waals surface area contributed by atoms with Crippen molar-refractivity contribution in [3.63, 3.8) is 0 Å². The number of thiazole rings is 1. The molecule has 3 aliphatic heterocycles. The summed E-state index contributed by atoms with van der Waals surface area (Å²) in [6.45, 7) is 10.2. The number of nitrogens with one attached hydrogen (secondary N) is 2. The number of carbonyl (C=O) groups is 5. The number of rotatable bonds is 15. The van der Waals surface area contributed by atoms with E-state index in [1.165, 1.54) is 16.9 Å². The summed E-state index contributed by atoms with van der Waals surface area (Å²) in [5.74, 6) is -1.26. The van der Waals surface area contributed by atoms with E-state index in [0.29, 0.717) is 28.2 Å². The van der Waals surface area contributed by atoms with Crippen molar-refractivity contribution in [2.24, 2.45) is 13.0 Å². The summed E-state index contributed by atoms with van der Waals surface area (Å²) in [6, 6.07) is 23.6. The van der Waals surface area contributed by atoms with Crippen molar-refractivity contribution in [3.8, 4) is 33.2 Å². The maximum absolute atomic E-state index is 14.6. The molecule has 5 heterocycles. The van der Waals surface area contributed by atoms with Gasteiger partial charge in [0.25, 0.3) is 11.8 Å². The van der Waals surface area contributed by atoms with Crippen LogP contribution in [0.4, 0.5) is 0 Å². The molecule has 17 heteroatoms. The first-order valence-corrected chi connectivity index (χ1v) is 25.1. The zero-order valence-electron chi connectivity index (χ0n) is 41.5. The number of aliphatic hydroxyl groups is 1. The maximum atomic E-state index is 14.6. The molecule has 0 bridgehead atoms. The van der Waals surface area contributed by atoms with Crippen molar-refractivity contribution in [2.45, 2.75) is 97.4 Å². The maximum Gasteiger partial charge on any atom is 0.255 e. The Morgan fingerprint density at radius 2 is 1.44 bits per heavy atom. The average molecular weight is 993 g/mol. The van der Waals surface area contributed by atoms with Gasteiger partial charge in [-0.1, -0.05) is 74.5 Å².